The van der Waals surface area contributed by atoms with E-state index in [0.29, 0.717) is 49.8 Å². The molecule has 0 saturated carbocycles. The van der Waals surface area contributed by atoms with Crippen LogP contribution in [0, 0.1) is 0 Å². The van der Waals surface area contributed by atoms with Crippen molar-refractivity contribution in [3.8, 4) is 10.6 Å². The van der Waals surface area contributed by atoms with Gasteiger partial charge in [0.1, 0.15) is 0 Å². The van der Waals surface area contributed by atoms with Crippen LogP contribution in [0.1, 0.15) is 25.7 Å². The van der Waals surface area contributed by atoms with Crippen molar-refractivity contribution in [2.45, 2.75) is 37.8 Å². The maximum absolute atomic E-state index is 12.5. The van der Waals surface area contributed by atoms with Crippen LogP contribution in [-0.2, 0) is 9.59 Å². The SMILES string of the molecule is NC(N)=NCCCC(N)C(=O)N=c1ccc2nc3ccc(NC(=O)C(N)CCCN=C(N)N)cc3sc-2c1. The average Bonchev–Trinajstić information content (AvgIpc) is 2.87. The molecule has 0 aromatic heterocycles. The van der Waals surface area contributed by atoms with E-state index in [1.165, 1.54) is 11.3 Å². The fraction of sp³-hybridized carbons (Fsp3) is 0.333. The molecule has 2 atom stereocenters. The lowest BCUT2D eigenvalue weighted by atomic mass is 10.1. The van der Waals surface area contributed by atoms with E-state index in [4.69, 9.17) is 34.4 Å². The molecule has 1 aliphatic carbocycles. The minimum Gasteiger partial charge on any atom is -0.370 e. The van der Waals surface area contributed by atoms with E-state index < -0.39 is 18.0 Å². The predicted molar refractivity (Wildman–Crippen MR) is 151 cm³/mol. The highest BCUT2D eigenvalue weighted by atomic mass is 32.1. The Bertz CT molecular complexity index is 1380. The Hall–Kier alpha value is -4.14. The van der Waals surface area contributed by atoms with Gasteiger partial charge >= 0.3 is 0 Å². The van der Waals surface area contributed by atoms with Crippen LogP contribution in [0.3, 0.4) is 0 Å². The largest absolute Gasteiger partial charge is 0.370 e. The summed E-state index contributed by atoms with van der Waals surface area (Å²) >= 11 is 1.47. The number of anilines is 1. The molecule has 13 nitrogen and oxygen atoms in total. The molecule has 202 valence electrons. The van der Waals surface area contributed by atoms with Crippen molar-refractivity contribution in [3.05, 3.63) is 41.8 Å². The second-order valence-corrected chi connectivity index (χ2v) is 9.68. The smallest absolute Gasteiger partial charge is 0.263 e. The van der Waals surface area contributed by atoms with E-state index in [9.17, 15) is 9.59 Å². The van der Waals surface area contributed by atoms with Crippen molar-refractivity contribution < 1.29 is 9.59 Å². The van der Waals surface area contributed by atoms with Crippen molar-refractivity contribution in [1.29, 1.82) is 0 Å². The molecule has 2 unspecified atom stereocenters. The monoisotopic (exact) mass is 539 g/mol. The van der Waals surface area contributed by atoms with E-state index in [1.807, 2.05) is 12.1 Å². The van der Waals surface area contributed by atoms with Crippen LogP contribution in [-0.4, -0.2) is 53.9 Å². The van der Waals surface area contributed by atoms with E-state index in [-0.39, 0.29) is 17.8 Å². The number of carbonyl (C=O) groups excluding carboxylic acids is 2. The summed E-state index contributed by atoms with van der Waals surface area (Å²) in [6, 6.07) is 9.30. The zero-order valence-electron chi connectivity index (χ0n) is 20.8. The fourth-order valence-corrected chi connectivity index (χ4v) is 4.54. The molecule has 0 spiro atoms. The molecule has 0 fully saturated rings. The number of rotatable bonds is 11. The highest BCUT2D eigenvalue weighted by Gasteiger charge is 2.15. The van der Waals surface area contributed by atoms with Gasteiger partial charge in [0.2, 0.25) is 5.91 Å². The molecule has 0 bridgehead atoms. The lowest BCUT2D eigenvalue weighted by Crippen LogP contribution is -2.35. The Kier molecular flexibility index (Phi) is 10.0. The first-order valence-corrected chi connectivity index (χ1v) is 12.8. The van der Waals surface area contributed by atoms with Crippen LogP contribution >= 0.6 is 11.3 Å². The highest BCUT2D eigenvalue weighted by Crippen LogP contribution is 2.31. The first-order chi connectivity index (χ1) is 18.1. The number of hydrogen-bond acceptors (Lipinski definition) is 8. The number of benzene rings is 2. The number of fused-ring (bicyclic) bond motifs is 2. The van der Waals surface area contributed by atoms with E-state index in [1.54, 1.807) is 24.3 Å². The summed E-state index contributed by atoms with van der Waals surface area (Å²) in [7, 11) is 0. The molecule has 1 aromatic rings. The molecule has 2 amide bonds. The Morgan fingerprint density at radius 2 is 1.55 bits per heavy atom. The third kappa shape index (κ3) is 8.47. The van der Waals surface area contributed by atoms with Crippen molar-refractivity contribution in [1.82, 2.24) is 4.98 Å². The van der Waals surface area contributed by atoms with Crippen LogP contribution in [0.4, 0.5) is 5.69 Å². The molecule has 13 N–H and O–H groups in total. The van der Waals surface area contributed by atoms with Gasteiger partial charge in [0.05, 0.1) is 38.2 Å². The molecular weight excluding hydrogens is 506 g/mol. The highest BCUT2D eigenvalue weighted by molar-refractivity contribution is 7.21. The van der Waals surface area contributed by atoms with Crippen molar-refractivity contribution in [2.75, 3.05) is 18.4 Å². The standard InChI is InChI=1S/C24H33N11O2S/c25-15(3-1-9-31-23(27)28)21(36)33-13-5-7-17-19(11-13)38-20-12-14(6-8-18(20)35-17)34-22(37)16(26)4-2-10-32-24(29)30/h5-8,11-12,15-16H,1-4,9-10,25-26H2,(H,33,36)(H4,27,28,31)(H4,29,30,32). The normalized spacial score (nSPS) is 13.2. The number of nitrogens with two attached hydrogens (primary N) is 6. The summed E-state index contributed by atoms with van der Waals surface area (Å²) in [5.41, 5.74) is 35.3. The predicted octanol–water partition coefficient (Wildman–Crippen LogP) is -0.471. The summed E-state index contributed by atoms with van der Waals surface area (Å²) in [6.07, 6.45) is 2.00. The summed E-state index contributed by atoms with van der Waals surface area (Å²) in [5.74, 6) is -0.717. The number of guanidine groups is 2. The number of nitrogens with one attached hydrogen (secondary N) is 1. The number of aromatic nitrogens is 1. The number of nitrogens with zero attached hydrogens (tertiary/aromatic N) is 4. The molecule has 1 aromatic carbocycles. The number of aliphatic imine (C=N–C) groups is 2. The topological polar surface area (TPSA) is 252 Å². The number of carbonyl (C=O) groups is 2. The van der Waals surface area contributed by atoms with Gasteiger partial charge in [-0.25, -0.2) is 9.98 Å². The van der Waals surface area contributed by atoms with Crippen LogP contribution in [0.25, 0.3) is 20.8 Å². The number of amides is 2. The van der Waals surface area contributed by atoms with Crippen LogP contribution < -0.4 is 45.1 Å². The molecule has 1 aliphatic heterocycles. The fourth-order valence-electron chi connectivity index (χ4n) is 3.50. The second kappa shape index (κ2) is 13.4. The Labute approximate surface area is 223 Å². The molecule has 14 heteroatoms. The van der Waals surface area contributed by atoms with Gasteiger partial charge in [-0.15, -0.1) is 11.3 Å². The molecule has 0 radical (unpaired) electrons. The molecule has 38 heavy (non-hydrogen) atoms. The Morgan fingerprint density at radius 1 is 0.895 bits per heavy atom. The maximum Gasteiger partial charge on any atom is 0.263 e. The first kappa shape index (κ1) is 28.4. The Morgan fingerprint density at radius 3 is 2.21 bits per heavy atom. The zero-order valence-corrected chi connectivity index (χ0v) is 21.7. The van der Waals surface area contributed by atoms with E-state index in [2.05, 4.69) is 25.3 Å². The van der Waals surface area contributed by atoms with E-state index >= 15 is 0 Å². The van der Waals surface area contributed by atoms with Gasteiger partial charge in [0, 0.05) is 18.8 Å². The molecule has 3 rings (SSSR count). The van der Waals surface area contributed by atoms with Crippen molar-refractivity contribution in [2.24, 2.45) is 49.4 Å². The summed E-state index contributed by atoms with van der Waals surface area (Å²) in [4.78, 5) is 42.4. The molecule has 0 saturated heterocycles. The van der Waals surface area contributed by atoms with Gasteiger partial charge in [-0.2, -0.15) is 0 Å². The van der Waals surface area contributed by atoms with Crippen molar-refractivity contribution >= 4 is 51.0 Å². The van der Waals surface area contributed by atoms with Gasteiger partial charge in [-0.05, 0) is 62.1 Å². The summed E-state index contributed by atoms with van der Waals surface area (Å²) in [6.45, 7) is 0.804. The zero-order chi connectivity index (χ0) is 27.7. The minimum atomic E-state index is -0.748. The van der Waals surface area contributed by atoms with Gasteiger partial charge in [0.25, 0.3) is 5.91 Å². The summed E-state index contributed by atoms with van der Waals surface area (Å²) in [5, 5.41) is 3.32. The van der Waals surface area contributed by atoms with Gasteiger partial charge in [-0.1, -0.05) is 0 Å². The van der Waals surface area contributed by atoms with E-state index in [0.717, 1.165) is 20.8 Å². The Balaban J connectivity index is 1.71. The van der Waals surface area contributed by atoms with Gasteiger partial charge in [0.15, 0.2) is 11.9 Å². The average molecular weight is 540 g/mol. The lowest BCUT2D eigenvalue weighted by molar-refractivity contribution is -0.119. The maximum atomic E-state index is 12.5. The van der Waals surface area contributed by atoms with Gasteiger partial charge < -0.3 is 39.7 Å². The van der Waals surface area contributed by atoms with Gasteiger partial charge in [-0.3, -0.25) is 19.6 Å². The quantitative estimate of drug-likeness (QED) is 0.0718. The molecule has 2 aliphatic rings. The molecule has 1 heterocycles. The van der Waals surface area contributed by atoms with Crippen LogP contribution in [0.15, 0.2) is 51.4 Å². The summed E-state index contributed by atoms with van der Waals surface area (Å²) < 4.78 is 0.844. The third-order valence-electron chi connectivity index (χ3n) is 5.46. The minimum absolute atomic E-state index is 0.00204. The number of hydrogen-bond donors (Lipinski definition) is 7. The second-order valence-electron chi connectivity index (χ2n) is 8.60. The third-order valence-corrected chi connectivity index (χ3v) is 6.55. The van der Waals surface area contributed by atoms with Crippen LogP contribution in [0.5, 0.6) is 0 Å². The lowest BCUT2D eigenvalue weighted by Gasteiger charge is -2.13. The van der Waals surface area contributed by atoms with Crippen LogP contribution in [0.2, 0.25) is 0 Å². The first-order valence-electron chi connectivity index (χ1n) is 12.0. The molecular formula is C24H33N11O2S. The van der Waals surface area contributed by atoms with Crippen molar-refractivity contribution in [3.63, 3.8) is 0 Å².